The van der Waals surface area contributed by atoms with Crippen molar-refractivity contribution in [2.24, 2.45) is 17.8 Å². The maximum atomic E-state index is 13.2. The van der Waals surface area contributed by atoms with Gasteiger partial charge in [0.15, 0.2) is 0 Å². The highest BCUT2D eigenvalue weighted by molar-refractivity contribution is 5.79. The van der Waals surface area contributed by atoms with E-state index in [0.29, 0.717) is 5.91 Å². The van der Waals surface area contributed by atoms with Gasteiger partial charge in [0.2, 0.25) is 5.91 Å². The minimum Gasteiger partial charge on any atom is -0.342 e. The van der Waals surface area contributed by atoms with E-state index in [1.54, 1.807) is 0 Å². The Balaban J connectivity index is 1.26. The molecule has 2 saturated heterocycles. The van der Waals surface area contributed by atoms with Crippen LogP contribution in [0.5, 0.6) is 0 Å². The molecule has 154 valence electrons. The number of benzene rings is 1. The van der Waals surface area contributed by atoms with E-state index < -0.39 is 0 Å². The van der Waals surface area contributed by atoms with Crippen molar-refractivity contribution >= 4 is 5.91 Å². The van der Waals surface area contributed by atoms with Crippen LogP contribution in [0.25, 0.3) is 0 Å². The molecule has 3 fully saturated rings. The molecule has 3 nitrogen and oxygen atoms in total. The van der Waals surface area contributed by atoms with Crippen molar-refractivity contribution in [3.05, 3.63) is 35.9 Å². The first-order valence-electron chi connectivity index (χ1n) is 11.8. The molecule has 4 rings (SSSR count). The van der Waals surface area contributed by atoms with Crippen LogP contribution in [0.15, 0.2) is 30.3 Å². The van der Waals surface area contributed by atoms with Gasteiger partial charge >= 0.3 is 0 Å². The predicted molar refractivity (Wildman–Crippen MR) is 115 cm³/mol. The second kappa shape index (κ2) is 9.43. The second-order valence-corrected chi connectivity index (χ2v) is 9.72. The Hall–Kier alpha value is -1.35. The maximum Gasteiger partial charge on any atom is 0.226 e. The average molecular weight is 383 g/mol. The average Bonchev–Trinajstić information content (AvgIpc) is 2.75. The summed E-state index contributed by atoms with van der Waals surface area (Å²) in [5, 5.41) is 0. The molecule has 0 aromatic heterocycles. The summed E-state index contributed by atoms with van der Waals surface area (Å²) in [6.07, 6.45) is 11.2. The van der Waals surface area contributed by atoms with Gasteiger partial charge in [0, 0.05) is 25.7 Å². The van der Waals surface area contributed by atoms with Gasteiger partial charge in [-0.3, -0.25) is 9.69 Å². The summed E-state index contributed by atoms with van der Waals surface area (Å²) in [5.74, 6) is 2.29. The van der Waals surface area contributed by atoms with Crippen molar-refractivity contribution in [2.75, 3.05) is 26.2 Å². The lowest BCUT2D eigenvalue weighted by Gasteiger charge is -2.42. The number of likely N-dealkylation sites (tertiary alicyclic amines) is 2. The lowest BCUT2D eigenvalue weighted by Crippen LogP contribution is -2.50. The first-order chi connectivity index (χ1) is 13.7. The molecule has 3 unspecified atom stereocenters. The number of piperidine rings is 2. The van der Waals surface area contributed by atoms with Crippen LogP contribution >= 0.6 is 0 Å². The summed E-state index contributed by atoms with van der Waals surface area (Å²) in [6.45, 7) is 6.55. The van der Waals surface area contributed by atoms with E-state index in [0.717, 1.165) is 56.8 Å². The lowest BCUT2D eigenvalue weighted by molar-refractivity contribution is -0.139. The van der Waals surface area contributed by atoms with Crippen molar-refractivity contribution in [1.29, 1.82) is 0 Å². The normalized spacial score (nSPS) is 30.3. The van der Waals surface area contributed by atoms with E-state index in [1.807, 2.05) is 0 Å². The molecule has 1 aliphatic carbocycles. The van der Waals surface area contributed by atoms with Crippen LogP contribution in [-0.2, 0) is 11.2 Å². The minimum absolute atomic E-state index is 0.247. The highest BCUT2D eigenvalue weighted by Gasteiger charge is 2.34. The number of hydrogen-bond donors (Lipinski definition) is 0. The standard InChI is InChI=1S/C25H38N2O/c1-20-7-5-11-24(17-20)27-14-6-10-23(19-27)25(28)26-15-12-22(13-16-26)18-21-8-3-2-4-9-21/h2-4,8-9,20,22-24H,5-7,10-19H2,1H3. The van der Waals surface area contributed by atoms with Crippen molar-refractivity contribution in [1.82, 2.24) is 9.80 Å². The molecule has 0 bridgehead atoms. The number of nitrogens with zero attached hydrogens (tertiary/aromatic N) is 2. The largest absolute Gasteiger partial charge is 0.342 e. The summed E-state index contributed by atoms with van der Waals surface area (Å²) in [7, 11) is 0. The van der Waals surface area contributed by atoms with Gasteiger partial charge in [0.1, 0.15) is 0 Å². The Bertz CT molecular complexity index is 623. The maximum absolute atomic E-state index is 13.2. The fraction of sp³-hybridized carbons (Fsp3) is 0.720. The third-order valence-electron chi connectivity index (χ3n) is 7.52. The summed E-state index contributed by atoms with van der Waals surface area (Å²) in [5.41, 5.74) is 1.44. The van der Waals surface area contributed by atoms with Gasteiger partial charge in [0.05, 0.1) is 5.92 Å². The SMILES string of the molecule is CC1CCCC(N2CCCC(C(=O)N3CCC(Cc4ccccc4)CC3)C2)C1. The number of rotatable bonds is 4. The smallest absolute Gasteiger partial charge is 0.226 e. The minimum atomic E-state index is 0.247. The fourth-order valence-electron chi connectivity index (χ4n) is 5.84. The molecule has 2 aliphatic heterocycles. The van der Waals surface area contributed by atoms with Gasteiger partial charge in [-0.15, -0.1) is 0 Å². The van der Waals surface area contributed by atoms with Crippen LogP contribution < -0.4 is 0 Å². The van der Waals surface area contributed by atoms with Crippen LogP contribution in [-0.4, -0.2) is 47.9 Å². The third-order valence-corrected chi connectivity index (χ3v) is 7.52. The predicted octanol–water partition coefficient (Wildman–Crippen LogP) is 4.76. The van der Waals surface area contributed by atoms with Crippen molar-refractivity contribution in [3.63, 3.8) is 0 Å². The van der Waals surface area contributed by atoms with Gasteiger partial charge in [-0.05, 0) is 68.9 Å². The molecule has 1 amide bonds. The van der Waals surface area contributed by atoms with Gasteiger partial charge in [-0.1, -0.05) is 50.1 Å². The van der Waals surface area contributed by atoms with Gasteiger partial charge in [-0.25, -0.2) is 0 Å². The Morgan fingerprint density at radius 3 is 2.50 bits per heavy atom. The zero-order chi connectivity index (χ0) is 19.3. The Morgan fingerprint density at radius 1 is 0.964 bits per heavy atom. The molecule has 0 radical (unpaired) electrons. The summed E-state index contributed by atoms with van der Waals surface area (Å²) in [4.78, 5) is 18.1. The molecular formula is C25H38N2O. The van der Waals surface area contributed by atoms with Crippen LogP contribution in [0.3, 0.4) is 0 Å². The number of amides is 1. The summed E-state index contributed by atoms with van der Waals surface area (Å²) >= 11 is 0. The van der Waals surface area contributed by atoms with Gasteiger partial charge in [0.25, 0.3) is 0 Å². The number of carbonyl (C=O) groups is 1. The van der Waals surface area contributed by atoms with E-state index in [9.17, 15) is 4.79 Å². The Labute approximate surface area is 171 Å². The Morgan fingerprint density at radius 2 is 1.75 bits per heavy atom. The first kappa shape index (κ1) is 19.9. The number of hydrogen-bond acceptors (Lipinski definition) is 2. The molecule has 3 heteroatoms. The van der Waals surface area contributed by atoms with Crippen LogP contribution in [0.2, 0.25) is 0 Å². The molecule has 3 aliphatic rings. The molecule has 1 aromatic carbocycles. The molecule has 3 atom stereocenters. The number of carbonyl (C=O) groups excluding carboxylic acids is 1. The molecule has 1 saturated carbocycles. The highest BCUT2D eigenvalue weighted by Crippen LogP contribution is 2.31. The highest BCUT2D eigenvalue weighted by atomic mass is 16.2. The Kier molecular flexibility index (Phi) is 6.72. The van der Waals surface area contributed by atoms with E-state index in [-0.39, 0.29) is 5.92 Å². The zero-order valence-electron chi connectivity index (χ0n) is 17.7. The van der Waals surface area contributed by atoms with E-state index >= 15 is 0 Å². The van der Waals surface area contributed by atoms with Gasteiger partial charge in [-0.2, -0.15) is 0 Å². The first-order valence-corrected chi connectivity index (χ1v) is 11.8. The molecule has 2 heterocycles. The van der Waals surface area contributed by atoms with Crippen LogP contribution in [0.1, 0.15) is 63.9 Å². The quantitative estimate of drug-likeness (QED) is 0.750. The topological polar surface area (TPSA) is 23.6 Å². The summed E-state index contributed by atoms with van der Waals surface area (Å²) in [6, 6.07) is 11.6. The fourth-order valence-corrected chi connectivity index (χ4v) is 5.84. The summed E-state index contributed by atoms with van der Waals surface area (Å²) < 4.78 is 0. The van der Waals surface area contributed by atoms with Crippen molar-refractivity contribution < 1.29 is 4.79 Å². The second-order valence-electron chi connectivity index (χ2n) is 9.72. The monoisotopic (exact) mass is 382 g/mol. The van der Waals surface area contributed by atoms with Crippen molar-refractivity contribution in [3.8, 4) is 0 Å². The molecule has 28 heavy (non-hydrogen) atoms. The van der Waals surface area contributed by atoms with E-state index in [4.69, 9.17) is 0 Å². The molecule has 1 aromatic rings. The molecular weight excluding hydrogens is 344 g/mol. The van der Waals surface area contributed by atoms with Crippen molar-refractivity contribution in [2.45, 2.75) is 70.8 Å². The van der Waals surface area contributed by atoms with Crippen LogP contribution in [0, 0.1) is 17.8 Å². The van der Waals surface area contributed by atoms with E-state index in [2.05, 4.69) is 47.1 Å². The zero-order valence-corrected chi connectivity index (χ0v) is 17.7. The lowest BCUT2D eigenvalue weighted by atomic mass is 9.84. The van der Waals surface area contributed by atoms with Gasteiger partial charge < -0.3 is 4.90 Å². The van der Waals surface area contributed by atoms with Crippen LogP contribution in [0.4, 0.5) is 0 Å². The molecule has 0 spiro atoms. The third kappa shape index (κ3) is 4.97. The van der Waals surface area contributed by atoms with E-state index in [1.165, 1.54) is 50.6 Å². The molecule has 0 N–H and O–H groups in total.